The van der Waals surface area contributed by atoms with Gasteiger partial charge in [0.15, 0.2) is 11.5 Å². The lowest BCUT2D eigenvalue weighted by Gasteiger charge is -2.14. The number of non-ortho nitro benzene ring substituents is 1. The number of carbonyl (C=O) groups excluding carboxylic acids is 1. The smallest absolute Gasteiger partial charge is 0.339 e. The minimum atomic E-state index is -4.17. The third kappa shape index (κ3) is 6.72. The average Bonchev–Trinajstić information content (AvgIpc) is 2.86. The highest BCUT2D eigenvalue weighted by Crippen LogP contribution is 2.39. The predicted molar refractivity (Wildman–Crippen MR) is 140 cm³/mol. The Labute approximate surface area is 221 Å². The van der Waals surface area contributed by atoms with Gasteiger partial charge >= 0.3 is 10.1 Å². The van der Waals surface area contributed by atoms with Gasteiger partial charge in [0.05, 0.1) is 21.7 Å². The molecule has 0 aliphatic heterocycles. The van der Waals surface area contributed by atoms with E-state index in [0.29, 0.717) is 11.1 Å². The molecule has 3 aromatic carbocycles. The number of nitriles is 1. The molecule has 1 amide bonds. The SMILES string of the molecule is CCOc1cc(/C=C(\C#N)C(=O)Nc2cc([N+](=O)[O-])ccc2C)cc(Br)c1OS(=O)(=O)c1ccccc1. The second kappa shape index (κ2) is 11.7. The molecule has 0 heterocycles. The highest BCUT2D eigenvalue weighted by atomic mass is 79.9. The first kappa shape index (κ1) is 27.4. The lowest BCUT2D eigenvalue weighted by atomic mass is 10.1. The Kier molecular flexibility index (Phi) is 8.65. The molecule has 1 N–H and O–H groups in total. The van der Waals surface area contributed by atoms with Crippen LogP contribution < -0.4 is 14.2 Å². The summed E-state index contributed by atoms with van der Waals surface area (Å²) in [6.45, 7) is 3.53. The summed E-state index contributed by atoms with van der Waals surface area (Å²) < 4.78 is 36.6. The van der Waals surface area contributed by atoms with Gasteiger partial charge in [-0.2, -0.15) is 13.7 Å². The fraction of sp³-hybridized carbons (Fsp3) is 0.120. The van der Waals surface area contributed by atoms with Crippen LogP contribution in [0, 0.1) is 28.4 Å². The van der Waals surface area contributed by atoms with Gasteiger partial charge in [0.25, 0.3) is 11.6 Å². The van der Waals surface area contributed by atoms with Crippen LogP contribution in [-0.4, -0.2) is 25.9 Å². The molecule has 0 spiro atoms. The van der Waals surface area contributed by atoms with Crippen molar-refractivity contribution in [1.82, 2.24) is 0 Å². The molecular weight excluding hydrogens is 566 g/mol. The van der Waals surface area contributed by atoms with Gasteiger partial charge in [0.2, 0.25) is 0 Å². The van der Waals surface area contributed by atoms with Gasteiger partial charge < -0.3 is 14.2 Å². The highest BCUT2D eigenvalue weighted by molar-refractivity contribution is 9.10. The molecule has 0 unspecified atom stereocenters. The van der Waals surface area contributed by atoms with Gasteiger partial charge in [-0.3, -0.25) is 14.9 Å². The van der Waals surface area contributed by atoms with E-state index in [1.54, 1.807) is 38.1 Å². The minimum absolute atomic E-state index is 0.0480. The summed E-state index contributed by atoms with van der Waals surface area (Å²) in [7, 11) is -4.17. The van der Waals surface area contributed by atoms with Crippen molar-refractivity contribution in [2.45, 2.75) is 18.7 Å². The van der Waals surface area contributed by atoms with Gasteiger partial charge in [-0.25, -0.2) is 0 Å². The summed E-state index contributed by atoms with van der Waals surface area (Å²) >= 11 is 3.28. The molecule has 3 rings (SSSR count). The average molecular weight is 586 g/mol. The van der Waals surface area contributed by atoms with E-state index in [9.17, 15) is 28.6 Å². The second-order valence-electron chi connectivity index (χ2n) is 7.49. The number of ether oxygens (including phenoxy) is 1. The van der Waals surface area contributed by atoms with Crippen LogP contribution in [0.3, 0.4) is 0 Å². The molecule has 0 aliphatic carbocycles. The Morgan fingerprint density at radius 1 is 1.19 bits per heavy atom. The predicted octanol–water partition coefficient (Wildman–Crippen LogP) is 5.38. The van der Waals surface area contributed by atoms with E-state index in [0.717, 1.165) is 0 Å². The first-order valence-electron chi connectivity index (χ1n) is 10.7. The molecule has 190 valence electrons. The first-order chi connectivity index (χ1) is 17.6. The number of halogens is 1. The van der Waals surface area contributed by atoms with Crippen LogP contribution in [0.25, 0.3) is 6.08 Å². The monoisotopic (exact) mass is 585 g/mol. The zero-order valence-corrected chi connectivity index (χ0v) is 22.0. The summed E-state index contributed by atoms with van der Waals surface area (Å²) in [6, 6.07) is 16.3. The number of nitrogens with one attached hydrogen (secondary N) is 1. The molecule has 0 radical (unpaired) electrons. The standard InChI is InChI=1S/C25H20BrN3O7S/c1-3-35-23-13-17(12-21(26)24(23)36-37(33,34)20-7-5-4-6-8-20)11-18(15-27)25(30)28-22-14-19(29(31)32)10-9-16(22)2/h4-14H,3H2,1-2H3,(H,28,30)/b18-11+. The van der Waals surface area contributed by atoms with Gasteiger partial charge in [0, 0.05) is 12.1 Å². The lowest BCUT2D eigenvalue weighted by molar-refractivity contribution is -0.384. The Morgan fingerprint density at radius 2 is 1.89 bits per heavy atom. The van der Waals surface area contributed by atoms with E-state index in [1.807, 2.05) is 0 Å². The fourth-order valence-corrected chi connectivity index (χ4v) is 4.75. The molecule has 0 aromatic heterocycles. The van der Waals surface area contributed by atoms with Crippen molar-refractivity contribution in [3.05, 3.63) is 92.0 Å². The van der Waals surface area contributed by atoms with Crippen LogP contribution in [0.1, 0.15) is 18.1 Å². The van der Waals surface area contributed by atoms with Crippen LogP contribution in [0.2, 0.25) is 0 Å². The van der Waals surface area contributed by atoms with Gasteiger partial charge in [-0.05, 0) is 71.2 Å². The first-order valence-corrected chi connectivity index (χ1v) is 12.9. The van der Waals surface area contributed by atoms with Gasteiger partial charge in [-0.1, -0.05) is 24.3 Å². The Bertz CT molecular complexity index is 1530. The highest BCUT2D eigenvalue weighted by Gasteiger charge is 2.22. The maximum Gasteiger partial charge on any atom is 0.339 e. The van der Waals surface area contributed by atoms with Crippen LogP contribution in [0.5, 0.6) is 11.5 Å². The van der Waals surface area contributed by atoms with Crippen molar-refractivity contribution >= 4 is 49.4 Å². The quantitative estimate of drug-likeness (QED) is 0.116. The van der Waals surface area contributed by atoms with Crippen molar-refractivity contribution in [2.75, 3.05) is 11.9 Å². The van der Waals surface area contributed by atoms with E-state index >= 15 is 0 Å². The van der Waals surface area contributed by atoms with Crippen LogP contribution in [-0.2, 0) is 14.9 Å². The van der Waals surface area contributed by atoms with E-state index in [2.05, 4.69) is 21.2 Å². The molecule has 0 saturated carbocycles. The summed E-state index contributed by atoms with van der Waals surface area (Å²) in [5.74, 6) is -0.819. The third-order valence-corrected chi connectivity index (χ3v) is 6.74. The number of hydrogen-bond acceptors (Lipinski definition) is 8. The van der Waals surface area contributed by atoms with E-state index in [-0.39, 0.29) is 44.4 Å². The molecule has 37 heavy (non-hydrogen) atoms. The summed E-state index contributed by atoms with van der Waals surface area (Å²) in [5, 5.41) is 23.2. The molecule has 3 aromatic rings. The Balaban J connectivity index is 1.95. The maximum absolute atomic E-state index is 12.8. The van der Waals surface area contributed by atoms with Crippen molar-refractivity contribution in [1.29, 1.82) is 5.26 Å². The van der Waals surface area contributed by atoms with Crippen molar-refractivity contribution in [3.63, 3.8) is 0 Å². The summed E-state index contributed by atoms with van der Waals surface area (Å²) in [6.07, 6.45) is 1.27. The summed E-state index contributed by atoms with van der Waals surface area (Å²) in [4.78, 5) is 23.2. The van der Waals surface area contributed by atoms with Crippen LogP contribution in [0.15, 0.2) is 75.6 Å². The van der Waals surface area contributed by atoms with Crippen LogP contribution in [0.4, 0.5) is 11.4 Å². The molecule has 0 atom stereocenters. The largest absolute Gasteiger partial charge is 0.490 e. The number of anilines is 1. The Hall–Kier alpha value is -4.21. The number of rotatable bonds is 9. The third-order valence-electron chi connectivity index (χ3n) is 4.91. The summed E-state index contributed by atoms with van der Waals surface area (Å²) in [5.41, 5.74) is 0.577. The molecule has 0 saturated heterocycles. The van der Waals surface area contributed by atoms with Gasteiger partial charge in [0.1, 0.15) is 16.5 Å². The number of amides is 1. The van der Waals surface area contributed by atoms with Crippen molar-refractivity contribution in [2.24, 2.45) is 0 Å². The normalized spacial score (nSPS) is 11.4. The van der Waals surface area contributed by atoms with E-state index in [1.165, 1.54) is 48.5 Å². The minimum Gasteiger partial charge on any atom is -0.490 e. The molecule has 0 bridgehead atoms. The molecule has 0 aliphatic rings. The number of hydrogen-bond donors (Lipinski definition) is 1. The second-order valence-corrected chi connectivity index (χ2v) is 9.89. The fourth-order valence-electron chi connectivity index (χ4n) is 3.12. The number of nitro groups is 1. The number of nitro benzene ring substituents is 1. The lowest BCUT2D eigenvalue weighted by Crippen LogP contribution is -2.14. The number of carbonyl (C=O) groups is 1. The Morgan fingerprint density at radius 3 is 2.51 bits per heavy atom. The van der Waals surface area contributed by atoms with Crippen molar-refractivity contribution < 1.29 is 27.1 Å². The molecule has 10 nitrogen and oxygen atoms in total. The zero-order valence-electron chi connectivity index (χ0n) is 19.6. The van der Waals surface area contributed by atoms with Gasteiger partial charge in [-0.15, -0.1) is 0 Å². The zero-order chi connectivity index (χ0) is 27.2. The number of aryl methyl sites for hydroxylation is 1. The molecule has 12 heteroatoms. The van der Waals surface area contributed by atoms with E-state index in [4.69, 9.17) is 8.92 Å². The molecular formula is C25H20BrN3O7S. The van der Waals surface area contributed by atoms with Crippen molar-refractivity contribution in [3.8, 4) is 17.6 Å². The maximum atomic E-state index is 12.8. The van der Waals surface area contributed by atoms with E-state index < -0.39 is 20.9 Å². The van der Waals surface area contributed by atoms with Crippen LogP contribution >= 0.6 is 15.9 Å². The molecule has 0 fully saturated rings. The number of benzene rings is 3. The number of nitrogens with zero attached hydrogens (tertiary/aromatic N) is 2. The topological polar surface area (TPSA) is 149 Å².